The van der Waals surface area contributed by atoms with Crippen LogP contribution >= 0.6 is 0 Å². The summed E-state index contributed by atoms with van der Waals surface area (Å²) in [6, 6.07) is 9.52. The molecule has 1 nitrogen and oxygen atoms in total. The number of hydrogen-bond acceptors (Lipinski definition) is 1. The van der Waals surface area contributed by atoms with Gasteiger partial charge in [0.25, 0.3) is 0 Å². The van der Waals surface area contributed by atoms with E-state index in [1.807, 2.05) is 30.3 Å². The van der Waals surface area contributed by atoms with Gasteiger partial charge in [-0.25, -0.2) is 0 Å². The van der Waals surface area contributed by atoms with Crippen molar-refractivity contribution >= 4 is 48.9 Å². The van der Waals surface area contributed by atoms with Crippen LogP contribution in [0.25, 0.3) is 0 Å². The second-order valence-electron chi connectivity index (χ2n) is 1.64. The minimum absolute atomic E-state index is 0. The van der Waals surface area contributed by atoms with Crippen molar-refractivity contribution in [1.29, 1.82) is 0 Å². The molecule has 0 heterocycles. The van der Waals surface area contributed by atoms with Crippen molar-refractivity contribution in [2.75, 3.05) is 0 Å². The molecule has 0 saturated carbocycles. The topological polar surface area (TPSA) is 20.2 Å². The number of benzene rings is 1. The van der Waals surface area contributed by atoms with Gasteiger partial charge in [0.1, 0.15) is 0 Å². The van der Waals surface area contributed by atoms with E-state index < -0.39 is 0 Å². The van der Waals surface area contributed by atoms with Crippen LogP contribution in [0.3, 0.4) is 0 Å². The second-order valence-corrected chi connectivity index (χ2v) is 1.64. The summed E-state index contributed by atoms with van der Waals surface area (Å²) >= 11 is 0. The Morgan fingerprint density at radius 1 is 1.11 bits per heavy atom. The predicted octanol–water partition coefficient (Wildman–Crippen LogP) is 0.263. The molecule has 2 heteroatoms. The zero-order chi connectivity index (χ0) is 5.82. The first kappa shape index (κ1) is 9.75. The van der Waals surface area contributed by atoms with Crippen molar-refractivity contribution in [3.63, 3.8) is 0 Å². The van der Waals surface area contributed by atoms with Gasteiger partial charge in [0, 0.05) is 0 Å². The van der Waals surface area contributed by atoms with Crippen molar-refractivity contribution in [3.8, 4) is 0 Å². The van der Waals surface area contributed by atoms with Gasteiger partial charge in [-0.3, -0.25) is 0 Å². The Morgan fingerprint density at radius 3 is 2.00 bits per heavy atom. The SMILES string of the molecule is OCc1ccccc1.[BaH2]. The molecule has 0 saturated heterocycles. The molecule has 0 atom stereocenters. The van der Waals surface area contributed by atoms with Crippen LogP contribution in [0, 0.1) is 0 Å². The Labute approximate surface area is 95.2 Å². The van der Waals surface area contributed by atoms with Gasteiger partial charge in [-0.2, -0.15) is 0 Å². The van der Waals surface area contributed by atoms with Gasteiger partial charge < -0.3 is 5.11 Å². The predicted molar refractivity (Wildman–Crippen MR) is 40.9 cm³/mol. The van der Waals surface area contributed by atoms with Crippen LogP contribution in [0.5, 0.6) is 0 Å². The van der Waals surface area contributed by atoms with Gasteiger partial charge in [0.05, 0.1) is 6.61 Å². The molecule has 9 heavy (non-hydrogen) atoms. The van der Waals surface area contributed by atoms with Gasteiger partial charge in [0.15, 0.2) is 0 Å². The average molecular weight is 247 g/mol. The van der Waals surface area contributed by atoms with E-state index in [1.165, 1.54) is 0 Å². The van der Waals surface area contributed by atoms with Crippen LogP contribution in [0.2, 0.25) is 0 Å². The third-order valence-corrected chi connectivity index (χ3v) is 1.03. The van der Waals surface area contributed by atoms with Crippen LogP contribution in [-0.2, 0) is 6.61 Å². The van der Waals surface area contributed by atoms with Gasteiger partial charge in [-0.1, -0.05) is 30.3 Å². The molecule has 1 N–H and O–H groups in total. The zero-order valence-electron chi connectivity index (χ0n) is 4.54. The Hall–Kier alpha value is 0.751. The molecule has 0 aliphatic carbocycles. The Bertz CT molecular complexity index is 150. The first-order valence-electron chi connectivity index (χ1n) is 2.58. The molecule has 1 aromatic rings. The molecule has 0 radical (unpaired) electrons. The summed E-state index contributed by atoms with van der Waals surface area (Å²) in [4.78, 5) is 0. The fourth-order valence-electron chi connectivity index (χ4n) is 0.583. The molecule has 0 aromatic heterocycles. The van der Waals surface area contributed by atoms with Crippen LogP contribution < -0.4 is 0 Å². The number of aliphatic hydroxyl groups excluding tert-OH is 1. The van der Waals surface area contributed by atoms with Crippen molar-refractivity contribution in [2.45, 2.75) is 6.61 Å². The molecule has 1 aromatic carbocycles. The number of hydrogen-bond donors (Lipinski definition) is 1. The fraction of sp³-hybridized carbons (Fsp3) is 0.143. The van der Waals surface area contributed by atoms with E-state index in [0.717, 1.165) is 5.56 Å². The molecule has 0 bridgehead atoms. The Kier molecular flexibility index (Phi) is 5.99. The molecule has 1 rings (SSSR count). The summed E-state index contributed by atoms with van der Waals surface area (Å²) in [6.07, 6.45) is 0. The summed E-state index contributed by atoms with van der Waals surface area (Å²) in [6.45, 7) is 0.140. The van der Waals surface area contributed by atoms with E-state index >= 15 is 0 Å². The maximum atomic E-state index is 8.54. The average Bonchev–Trinajstić information content (AvgIpc) is 1.90. The second kappa shape index (κ2) is 5.53. The van der Waals surface area contributed by atoms with E-state index in [-0.39, 0.29) is 55.5 Å². The van der Waals surface area contributed by atoms with Crippen molar-refractivity contribution in [1.82, 2.24) is 0 Å². The summed E-state index contributed by atoms with van der Waals surface area (Å²) in [5.74, 6) is 0. The third kappa shape index (κ3) is 3.45. The standard InChI is InChI=1S/C7H8O.Ba.2H/c8-6-7-4-2-1-3-5-7;;;/h1-5,8H,6H2;;;. The maximum absolute atomic E-state index is 8.54. The molecule has 46 valence electrons. The molecule has 0 spiro atoms. The van der Waals surface area contributed by atoms with Gasteiger partial charge in [-0.15, -0.1) is 0 Å². The molecule has 0 aliphatic rings. The van der Waals surface area contributed by atoms with Crippen LogP contribution in [-0.4, -0.2) is 54.0 Å². The quantitative estimate of drug-likeness (QED) is 0.706. The van der Waals surface area contributed by atoms with E-state index in [0.29, 0.717) is 0 Å². The fourth-order valence-corrected chi connectivity index (χ4v) is 0.583. The van der Waals surface area contributed by atoms with Gasteiger partial charge in [0.2, 0.25) is 0 Å². The molecule has 0 unspecified atom stereocenters. The number of aliphatic hydroxyl groups is 1. The summed E-state index contributed by atoms with van der Waals surface area (Å²) in [5, 5.41) is 8.54. The van der Waals surface area contributed by atoms with E-state index in [2.05, 4.69) is 0 Å². The van der Waals surface area contributed by atoms with Gasteiger partial charge >= 0.3 is 48.9 Å². The van der Waals surface area contributed by atoms with Crippen molar-refractivity contribution in [3.05, 3.63) is 35.9 Å². The summed E-state index contributed by atoms with van der Waals surface area (Å²) < 4.78 is 0. The minimum atomic E-state index is 0. The van der Waals surface area contributed by atoms with Crippen LogP contribution in [0.1, 0.15) is 5.56 Å². The monoisotopic (exact) mass is 248 g/mol. The molecule has 0 aliphatic heterocycles. The third-order valence-electron chi connectivity index (χ3n) is 1.03. The molecule has 0 fully saturated rings. The van der Waals surface area contributed by atoms with E-state index in [4.69, 9.17) is 5.11 Å². The Morgan fingerprint density at radius 2 is 1.67 bits per heavy atom. The molecular formula is C7H10BaO. The first-order valence-corrected chi connectivity index (χ1v) is 2.58. The summed E-state index contributed by atoms with van der Waals surface area (Å²) in [7, 11) is 0. The first-order chi connectivity index (χ1) is 3.93. The van der Waals surface area contributed by atoms with Crippen LogP contribution in [0.4, 0.5) is 0 Å². The van der Waals surface area contributed by atoms with Gasteiger partial charge in [-0.05, 0) is 5.56 Å². The number of rotatable bonds is 1. The molecule has 0 amide bonds. The van der Waals surface area contributed by atoms with E-state index in [1.54, 1.807) is 0 Å². The Balaban J connectivity index is 0.000000640. The van der Waals surface area contributed by atoms with Crippen molar-refractivity contribution in [2.24, 2.45) is 0 Å². The van der Waals surface area contributed by atoms with Crippen LogP contribution in [0.15, 0.2) is 30.3 Å². The molecular weight excluding hydrogens is 237 g/mol. The normalized spacial score (nSPS) is 8.11. The summed E-state index contributed by atoms with van der Waals surface area (Å²) in [5.41, 5.74) is 0.965. The van der Waals surface area contributed by atoms with E-state index in [9.17, 15) is 0 Å². The van der Waals surface area contributed by atoms with Crippen molar-refractivity contribution < 1.29 is 5.11 Å². The zero-order valence-corrected chi connectivity index (χ0v) is 4.54.